The Hall–Kier alpha value is -0.620. The summed E-state index contributed by atoms with van der Waals surface area (Å²) >= 11 is 5.35. The Balaban J connectivity index is 2.56. The molecule has 0 spiro atoms. The Labute approximate surface area is 98.3 Å². The Morgan fingerprint density at radius 2 is 2.27 bits per heavy atom. The van der Waals surface area contributed by atoms with E-state index in [1.165, 1.54) is 6.42 Å². The van der Waals surface area contributed by atoms with Gasteiger partial charge in [0.25, 0.3) is 0 Å². The lowest BCUT2D eigenvalue weighted by Crippen LogP contribution is -2.34. The molecule has 2 nitrogen and oxygen atoms in total. The number of rotatable bonds is 4. The van der Waals surface area contributed by atoms with Crippen LogP contribution in [0.4, 0.5) is 0 Å². The molecule has 15 heavy (non-hydrogen) atoms. The number of hydrogen-bond acceptors (Lipinski definition) is 2. The van der Waals surface area contributed by atoms with Gasteiger partial charge in [0.1, 0.15) is 6.04 Å². The van der Waals surface area contributed by atoms with E-state index in [0.717, 1.165) is 30.3 Å². The summed E-state index contributed by atoms with van der Waals surface area (Å²) < 4.78 is 0. The Kier molecular flexibility index (Phi) is 4.53. The van der Waals surface area contributed by atoms with Crippen molar-refractivity contribution in [3.8, 4) is 6.07 Å². The van der Waals surface area contributed by atoms with E-state index in [-0.39, 0.29) is 6.04 Å². The summed E-state index contributed by atoms with van der Waals surface area (Å²) in [7, 11) is 0. The molecule has 1 aliphatic rings. The van der Waals surface area contributed by atoms with E-state index in [1.807, 2.05) is 6.92 Å². The summed E-state index contributed by atoms with van der Waals surface area (Å²) in [6, 6.07) is 2.33. The summed E-state index contributed by atoms with van der Waals surface area (Å²) in [4.78, 5) is 3.12. The summed E-state index contributed by atoms with van der Waals surface area (Å²) in [5.41, 5.74) is 0. The van der Waals surface area contributed by atoms with Gasteiger partial charge in [0, 0.05) is 13.0 Å². The van der Waals surface area contributed by atoms with E-state index in [2.05, 4.69) is 24.8 Å². The second-order valence-corrected chi connectivity index (χ2v) is 5.27. The molecule has 0 aromatic carbocycles. The highest BCUT2D eigenvalue weighted by Crippen LogP contribution is 2.27. The van der Waals surface area contributed by atoms with Gasteiger partial charge in [0.05, 0.1) is 11.1 Å². The van der Waals surface area contributed by atoms with E-state index in [9.17, 15) is 0 Å². The number of hydrogen-bond donors (Lipinski definition) is 0. The van der Waals surface area contributed by atoms with Crippen molar-refractivity contribution >= 4 is 17.2 Å². The van der Waals surface area contributed by atoms with Crippen LogP contribution in [0.3, 0.4) is 0 Å². The van der Waals surface area contributed by atoms with Crippen molar-refractivity contribution in [1.29, 1.82) is 5.26 Å². The molecule has 0 amide bonds. The average Bonchev–Trinajstić information content (AvgIpc) is 2.48. The first-order valence-electron chi connectivity index (χ1n) is 5.77. The standard InChI is InChI=1S/C12H20N2S/c1-4-11(7-13)14-8-10(5-9(2)3)6-12(14)15/h9-11H,4-6,8H2,1-3H3. The smallest absolute Gasteiger partial charge is 0.117 e. The van der Waals surface area contributed by atoms with Crippen molar-refractivity contribution in [2.45, 2.75) is 46.1 Å². The minimum Gasteiger partial charge on any atom is -0.350 e. The third-order valence-corrected chi connectivity index (χ3v) is 3.36. The highest BCUT2D eigenvalue weighted by atomic mass is 32.1. The normalized spacial score (nSPS) is 23.3. The predicted octanol–water partition coefficient (Wildman–Crippen LogP) is 2.98. The van der Waals surface area contributed by atoms with Gasteiger partial charge in [-0.25, -0.2) is 0 Å². The molecule has 0 aromatic rings. The maximum Gasteiger partial charge on any atom is 0.117 e. The van der Waals surface area contributed by atoms with Crippen LogP contribution in [0.5, 0.6) is 0 Å². The number of likely N-dealkylation sites (tertiary alicyclic amines) is 1. The molecule has 1 saturated heterocycles. The predicted molar refractivity (Wildman–Crippen MR) is 66.6 cm³/mol. The second-order valence-electron chi connectivity index (χ2n) is 4.80. The van der Waals surface area contributed by atoms with Crippen molar-refractivity contribution in [3.05, 3.63) is 0 Å². The molecule has 1 fully saturated rings. The average molecular weight is 224 g/mol. The fourth-order valence-corrected chi connectivity index (χ4v) is 2.75. The van der Waals surface area contributed by atoms with Crippen molar-refractivity contribution in [2.75, 3.05) is 6.54 Å². The van der Waals surface area contributed by atoms with Crippen LogP contribution in [0.1, 0.15) is 40.0 Å². The van der Waals surface area contributed by atoms with Crippen molar-refractivity contribution in [2.24, 2.45) is 11.8 Å². The molecule has 0 radical (unpaired) electrons. The lowest BCUT2D eigenvalue weighted by atomic mass is 9.97. The van der Waals surface area contributed by atoms with Gasteiger partial charge in [-0.05, 0) is 24.7 Å². The zero-order chi connectivity index (χ0) is 11.4. The van der Waals surface area contributed by atoms with Gasteiger partial charge in [-0.2, -0.15) is 5.26 Å². The molecule has 2 atom stereocenters. The first kappa shape index (κ1) is 12.4. The highest BCUT2D eigenvalue weighted by molar-refractivity contribution is 7.80. The van der Waals surface area contributed by atoms with E-state index in [4.69, 9.17) is 17.5 Å². The molecule has 0 N–H and O–H groups in total. The third-order valence-electron chi connectivity index (χ3n) is 2.96. The molecule has 1 heterocycles. The van der Waals surface area contributed by atoms with Crippen molar-refractivity contribution in [3.63, 3.8) is 0 Å². The maximum absolute atomic E-state index is 9.02. The van der Waals surface area contributed by atoms with Gasteiger partial charge in [0.2, 0.25) is 0 Å². The van der Waals surface area contributed by atoms with Crippen molar-refractivity contribution in [1.82, 2.24) is 4.90 Å². The van der Waals surface area contributed by atoms with Crippen LogP contribution >= 0.6 is 12.2 Å². The molecular formula is C12H20N2S. The lowest BCUT2D eigenvalue weighted by molar-refractivity contribution is 0.325. The van der Waals surface area contributed by atoms with Gasteiger partial charge in [0.15, 0.2) is 0 Å². The van der Waals surface area contributed by atoms with Crippen LogP contribution in [0.25, 0.3) is 0 Å². The zero-order valence-electron chi connectivity index (χ0n) is 9.86. The number of nitrogens with zero attached hydrogens (tertiary/aromatic N) is 2. The Bertz CT molecular complexity index is 267. The fraction of sp³-hybridized carbons (Fsp3) is 0.833. The summed E-state index contributed by atoms with van der Waals surface area (Å²) in [6.07, 6.45) is 3.09. The second kappa shape index (κ2) is 5.46. The van der Waals surface area contributed by atoms with Gasteiger partial charge in [-0.3, -0.25) is 0 Å². The first-order valence-corrected chi connectivity index (χ1v) is 6.18. The fourth-order valence-electron chi connectivity index (χ4n) is 2.32. The van der Waals surface area contributed by atoms with Crippen LogP contribution in [0, 0.1) is 23.2 Å². The maximum atomic E-state index is 9.02. The highest BCUT2D eigenvalue weighted by Gasteiger charge is 2.30. The van der Waals surface area contributed by atoms with Crippen LogP contribution in [-0.4, -0.2) is 22.5 Å². The van der Waals surface area contributed by atoms with E-state index >= 15 is 0 Å². The first-order chi connectivity index (χ1) is 7.08. The molecule has 0 bridgehead atoms. The topological polar surface area (TPSA) is 27.0 Å². The number of thiocarbonyl (C=S) groups is 1. The molecule has 1 aliphatic heterocycles. The molecule has 0 aliphatic carbocycles. The Morgan fingerprint density at radius 1 is 1.60 bits per heavy atom. The number of nitriles is 1. The van der Waals surface area contributed by atoms with Crippen LogP contribution in [0.2, 0.25) is 0 Å². The molecular weight excluding hydrogens is 204 g/mol. The van der Waals surface area contributed by atoms with Gasteiger partial charge in [-0.15, -0.1) is 0 Å². The van der Waals surface area contributed by atoms with Gasteiger partial charge >= 0.3 is 0 Å². The molecule has 84 valence electrons. The van der Waals surface area contributed by atoms with Gasteiger partial charge < -0.3 is 4.90 Å². The largest absolute Gasteiger partial charge is 0.350 e. The van der Waals surface area contributed by atoms with Crippen LogP contribution in [0.15, 0.2) is 0 Å². The van der Waals surface area contributed by atoms with Crippen LogP contribution in [-0.2, 0) is 0 Å². The molecule has 2 unspecified atom stereocenters. The monoisotopic (exact) mass is 224 g/mol. The van der Waals surface area contributed by atoms with Crippen LogP contribution < -0.4 is 0 Å². The summed E-state index contributed by atoms with van der Waals surface area (Å²) in [5, 5.41) is 9.02. The molecule has 0 saturated carbocycles. The molecule has 3 heteroatoms. The molecule has 1 rings (SSSR count). The lowest BCUT2D eigenvalue weighted by Gasteiger charge is -2.23. The summed E-state index contributed by atoms with van der Waals surface area (Å²) in [5.74, 6) is 1.39. The summed E-state index contributed by atoms with van der Waals surface area (Å²) in [6.45, 7) is 7.52. The third kappa shape index (κ3) is 3.17. The minimum absolute atomic E-state index is 0.00494. The molecule has 0 aromatic heterocycles. The van der Waals surface area contributed by atoms with E-state index in [0.29, 0.717) is 5.92 Å². The SMILES string of the molecule is CCC(C#N)N1CC(CC(C)C)CC1=S. The quantitative estimate of drug-likeness (QED) is 0.687. The van der Waals surface area contributed by atoms with Crippen molar-refractivity contribution < 1.29 is 0 Å². The van der Waals surface area contributed by atoms with Gasteiger partial charge in [-0.1, -0.05) is 33.0 Å². The Morgan fingerprint density at radius 3 is 2.73 bits per heavy atom. The minimum atomic E-state index is -0.00494. The van der Waals surface area contributed by atoms with E-state index < -0.39 is 0 Å². The van der Waals surface area contributed by atoms with E-state index in [1.54, 1.807) is 0 Å². The zero-order valence-corrected chi connectivity index (χ0v) is 10.7.